The van der Waals surface area contributed by atoms with Crippen LogP contribution in [0.2, 0.25) is 0 Å². The summed E-state index contributed by atoms with van der Waals surface area (Å²) in [6, 6.07) is 6.31. The third-order valence-corrected chi connectivity index (χ3v) is 4.77. The summed E-state index contributed by atoms with van der Waals surface area (Å²) in [6.07, 6.45) is 2.35. The lowest BCUT2D eigenvalue weighted by Crippen LogP contribution is -2.44. The molecule has 5 heteroatoms. The number of nitrogens with one attached hydrogen (secondary N) is 1. The average molecular weight is 404 g/mol. The van der Waals surface area contributed by atoms with Gasteiger partial charge in [-0.3, -0.25) is 4.79 Å². The van der Waals surface area contributed by atoms with Crippen LogP contribution in [0, 0.1) is 0 Å². The second-order valence-electron chi connectivity index (χ2n) is 5.47. The first kappa shape index (κ1) is 16.0. The number of rotatable bonds is 4. The standard InChI is InChI=1S/C15H20Br2N2O/c1-10(2)19(9-12-4-3-7-18-12)15(20)13-6-5-11(16)8-14(13)17/h5-6,8,10,12,18H,3-4,7,9H2,1-2H3. The lowest BCUT2D eigenvalue weighted by Gasteiger charge is -2.30. The fourth-order valence-corrected chi connectivity index (χ4v) is 3.71. The number of hydrogen-bond donors (Lipinski definition) is 1. The molecule has 0 spiro atoms. The molecule has 1 N–H and O–H groups in total. The lowest BCUT2D eigenvalue weighted by molar-refractivity contribution is 0.0688. The quantitative estimate of drug-likeness (QED) is 0.828. The van der Waals surface area contributed by atoms with E-state index in [0.29, 0.717) is 6.04 Å². The van der Waals surface area contributed by atoms with Crippen LogP contribution in [0.25, 0.3) is 0 Å². The van der Waals surface area contributed by atoms with Gasteiger partial charge in [0.05, 0.1) is 5.56 Å². The summed E-state index contributed by atoms with van der Waals surface area (Å²) >= 11 is 6.90. The summed E-state index contributed by atoms with van der Waals surface area (Å²) in [5.74, 6) is 0.0908. The monoisotopic (exact) mass is 402 g/mol. The molecule has 1 aliphatic rings. The molecule has 1 aromatic rings. The molecule has 1 heterocycles. The summed E-state index contributed by atoms with van der Waals surface area (Å²) in [5.41, 5.74) is 0.722. The van der Waals surface area contributed by atoms with Crippen LogP contribution in [0.5, 0.6) is 0 Å². The molecule has 0 aromatic heterocycles. The van der Waals surface area contributed by atoms with Gasteiger partial charge in [0.25, 0.3) is 5.91 Å². The van der Waals surface area contributed by atoms with Crippen LogP contribution in [0.1, 0.15) is 37.0 Å². The Morgan fingerprint density at radius 1 is 1.45 bits per heavy atom. The molecule has 0 radical (unpaired) electrons. The second-order valence-corrected chi connectivity index (χ2v) is 7.24. The Morgan fingerprint density at radius 3 is 2.75 bits per heavy atom. The minimum Gasteiger partial charge on any atom is -0.335 e. The summed E-state index contributed by atoms with van der Waals surface area (Å²) < 4.78 is 1.80. The zero-order chi connectivity index (χ0) is 14.7. The van der Waals surface area contributed by atoms with E-state index in [9.17, 15) is 4.79 Å². The molecule has 0 saturated carbocycles. The smallest absolute Gasteiger partial charge is 0.255 e. The number of benzene rings is 1. The topological polar surface area (TPSA) is 32.3 Å². The molecule has 1 aliphatic heterocycles. The van der Waals surface area contributed by atoms with Crippen molar-refractivity contribution < 1.29 is 4.79 Å². The van der Waals surface area contributed by atoms with Crippen LogP contribution in [-0.2, 0) is 0 Å². The minimum atomic E-state index is 0.0908. The third-order valence-electron chi connectivity index (χ3n) is 3.63. The van der Waals surface area contributed by atoms with Gasteiger partial charge in [-0.05, 0) is 67.4 Å². The fraction of sp³-hybridized carbons (Fsp3) is 0.533. The normalized spacial score (nSPS) is 18.6. The van der Waals surface area contributed by atoms with Gasteiger partial charge in [0.1, 0.15) is 0 Å². The molecule has 0 aliphatic carbocycles. The van der Waals surface area contributed by atoms with E-state index in [4.69, 9.17) is 0 Å². The molecule has 0 bridgehead atoms. The second kappa shape index (κ2) is 7.05. The molecule has 1 atom stereocenters. The Bertz CT molecular complexity index is 485. The van der Waals surface area contributed by atoms with E-state index >= 15 is 0 Å². The molecule has 1 fully saturated rings. The molecule has 110 valence electrons. The van der Waals surface area contributed by atoms with Crippen LogP contribution in [0.15, 0.2) is 27.1 Å². The van der Waals surface area contributed by atoms with Crippen LogP contribution in [0.4, 0.5) is 0 Å². The van der Waals surface area contributed by atoms with Gasteiger partial charge in [0, 0.05) is 27.6 Å². The first-order valence-electron chi connectivity index (χ1n) is 6.98. The van der Waals surface area contributed by atoms with Crippen molar-refractivity contribution in [1.29, 1.82) is 0 Å². The number of halogens is 2. The van der Waals surface area contributed by atoms with Gasteiger partial charge in [-0.2, -0.15) is 0 Å². The van der Waals surface area contributed by atoms with Crippen molar-refractivity contribution >= 4 is 37.8 Å². The van der Waals surface area contributed by atoms with Gasteiger partial charge in [-0.15, -0.1) is 0 Å². The van der Waals surface area contributed by atoms with Gasteiger partial charge < -0.3 is 10.2 Å². The highest BCUT2D eigenvalue weighted by Crippen LogP contribution is 2.24. The van der Waals surface area contributed by atoms with E-state index in [2.05, 4.69) is 51.0 Å². The van der Waals surface area contributed by atoms with Crippen LogP contribution in [-0.4, -0.2) is 36.0 Å². The zero-order valence-corrected chi connectivity index (χ0v) is 15.0. The van der Waals surface area contributed by atoms with Crippen molar-refractivity contribution in [3.8, 4) is 0 Å². The lowest BCUT2D eigenvalue weighted by atomic mass is 10.1. The first-order valence-corrected chi connectivity index (χ1v) is 8.57. The van der Waals surface area contributed by atoms with Crippen molar-refractivity contribution in [2.75, 3.05) is 13.1 Å². The highest BCUT2D eigenvalue weighted by atomic mass is 79.9. The maximum absolute atomic E-state index is 12.8. The van der Waals surface area contributed by atoms with Crippen molar-refractivity contribution in [1.82, 2.24) is 10.2 Å². The van der Waals surface area contributed by atoms with Gasteiger partial charge in [0.2, 0.25) is 0 Å². The largest absolute Gasteiger partial charge is 0.335 e. The minimum absolute atomic E-state index is 0.0908. The molecule has 1 unspecified atom stereocenters. The van der Waals surface area contributed by atoms with Crippen LogP contribution in [0.3, 0.4) is 0 Å². The molecule has 3 nitrogen and oxygen atoms in total. The van der Waals surface area contributed by atoms with E-state index < -0.39 is 0 Å². The van der Waals surface area contributed by atoms with E-state index in [-0.39, 0.29) is 11.9 Å². The maximum Gasteiger partial charge on any atom is 0.255 e. The molecule has 1 aromatic carbocycles. The van der Waals surface area contributed by atoms with Crippen molar-refractivity contribution in [3.63, 3.8) is 0 Å². The predicted molar refractivity (Wildman–Crippen MR) is 89.0 cm³/mol. The molecule has 20 heavy (non-hydrogen) atoms. The number of hydrogen-bond acceptors (Lipinski definition) is 2. The average Bonchev–Trinajstić information content (AvgIpc) is 2.87. The number of nitrogens with zero attached hydrogens (tertiary/aromatic N) is 1. The van der Waals surface area contributed by atoms with Crippen molar-refractivity contribution in [2.45, 2.75) is 38.8 Å². The summed E-state index contributed by atoms with van der Waals surface area (Å²) in [5, 5.41) is 3.46. The van der Waals surface area contributed by atoms with E-state index in [1.165, 1.54) is 6.42 Å². The van der Waals surface area contributed by atoms with Gasteiger partial charge >= 0.3 is 0 Å². The molecular formula is C15H20Br2N2O. The molecule has 1 saturated heterocycles. The van der Waals surface area contributed by atoms with Crippen LogP contribution < -0.4 is 5.32 Å². The zero-order valence-electron chi connectivity index (χ0n) is 11.8. The highest BCUT2D eigenvalue weighted by molar-refractivity contribution is 9.11. The summed E-state index contributed by atoms with van der Waals surface area (Å²) in [4.78, 5) is 14.7. The summed E-state index contributed by atoms with van der Waals surface area (Å²) in [7, 11) is 0. The third kappa shape index (κ3) is 3.83. The Hall–Kier alpha value is -0.390. The number of amides is 1. The van der Waals surface area contributed by atoms with E-state index in [0.717, 1.165) is 34.0 Å². The number of carbonyl (C=O) groups excluding carboxylic acids is 1. The summed E-state index contributed by atoms with van der Waals surface area (Å²) in [6.45, 7) is 5.98. The Kier molecular flexibility index (Phi) is 5.64. The molecular weight excluding hydrogens is 384 g/mol. The SMILES string of the molecule is CC(C)N(CC1CCCN1)C(=O)c1ccc(Br)cc1Br. The fourth-order valence-electron chi connectivity index (χ4n) is 2.50. The van der Waals surface area contributed by atoms with Crippen molar-refractivity contribution in [2.24, 2.45) is 0 Å². The maximum atomic E-state index is 12.8. The van der Waals surface area contributed by atoms with Gasteiger partial charge in [0.15, 0.2) is 0 Å². The first-order chi connectivity index (χ1) is 9.49. The Labute approximate surface area is 137 Å². The molecule has 2 rings (SSSR count). The Balaban J connectivity index is 2.17. The molecule has 1 amide bonds. The van der Waals surface area contributed by atoms with Gasteiger partial charge in [-0.1, -0.05) is 15.9 Å². The van der Waals surface area contributed by atoms with Crippen molar-refractivity contribution in [3.05, 3.63) is 32.7 Å². The van der Waals surface area contributed by atoms with E-state index in [1.807, 2.05) is 23.1 Å². The van der Waals surface area contributed by atoms with Crippen LogP contribution >= 0.6 is 31.9 Å². The predicted octanol–water partition coefficient (Wildman–Crippen LogP) is 3.81. The Morgan fingerprint density at radius 2 is 2.20 bits per heavy atom. The number of carbonyl (C=O) groups is 1. The highest BCUT2D eigenvalue weighted by Gasteiger charge is 2.25. The van der Waals surface area contributed by atoms with E-state index in [1.54, 1.807) is 0 Å². The van der Waals surface area contributed by atoms with Gasteiger partial charge in [-0.25, -0.2) is 0 Å².